The van der Waals surface area contributed by atoms with Crippen LogP contribution in [-0.2, 0) is 16.1 Å². The Kier molecular flexibility index (Phi) is 5.77. The minimum absolute atomic E-state index is 0.0745. The highest BCUT2D eigenvalue weighted by Crippen LogP contribution is 2.00. The maximum atomic E-state index is 11.3. The lowest BCUT2D eigenvalue weighted by Crippen LogP contribution is -2.51. The van der Waals surface area contributed by atoms with Gasteiger partial charge in [-0.25, -0.2) is 16.1 Å². The maximum Gasteiger partial charge on any atom is 0.427 e. The molecule has 0 radical (unpaired) electrons. The Labute approximate surface area is 110 Å². The highest BCUT2D eigenvalue weighted by atomic mass is 16.6. The van der Waals surface area contributed by atoms with Crippen molar-refractivity contribution in [2.24, 2.45) is 5.84 Å². The first-order valence-electron chi connectivity index (χ1n) is 5.72. The third-order valence-corrected chi connectivity index (χ3v) is 2.16. The molecule has 7 heteroatoms. The Hall–Kier alpha value is -2.12. The van der Waals surface area contributed by atoms with Crippen LogP contribution in [0.15, 0.2) is 30.3 Å². The molecular weight excluding hydrogens is 250 g/mol. The third kappa shape index (κ3) is 5.84. The standard InChI is InChI=1S/C12H17N3O4/c1-9(16)7-11(17)15(13)14-12(18)19-8-10-5-3-2-4-6-10/h2-6,9,16H,7-8,13H2,1H3,(H,14,18)/t9-/m0/s1. The summed E-state index contributed by atoms with van der Waals surface area (Å²) in [5, 5.41) is 9.51. The van der Waals surface area contributed by atoms with Crippen LogP contribution in [0.4, 0.5) is 4.79 Å². The lowest BCUT2D eigenvalue weighted by Gasteiger charge is -2.17. The molecule has 0 aliphatic heterocycles. The second-order valence-electron chi connectivity index (χ2n) is 3.99. The van der Waals surface area contributed by atoms with Gasteiger partial charge in [0.05, 0.1) is 12.5 Å². The van der Waals surface area contributed by atoms with Crippen molar-refractivity contribution in [2.75, 3.05) is 0 Å². The number of ether oxygens (including phenoxy) is 1. The van der Waals surface area contributed by atoms with Crippen molar-refractivity contribution in [3.63, 3.8) is 0 Å². The number of amides is 2. The summed E-state index contributed by atoms with van der Waals surface area (Å²) >= 11 is 0. The first-order chi connectivity index (χ1) is 8.99. The van der Waals surface area contributed by atoms with Gasteiger partial charge in [-0.1, -0.05) is 30.3 Å². The van der Waals surface area contributed by atoms with E-state index < -0.39 is 18.1 Å². The molecule has 19 heavy (non-hydrogen) atoms. The van der Waals surface area contributed by atoms with Crippen molar-refractivity contribution in [1.29, 1.82) is 0 Å². The topological polar surface area (TPSA) is 105 Å². The van der Waals surface area contributed by atoms with E-state index in [1.165, 1.54) is 6.92 Å². The van der Waals surface area contributed by atoms with Crippen molar-refractivity contribution < 1.29 is 19.4 Å². The number of carbonyl (C=O) groups is 2. The van der Waals surface area contributed by atoms with Gasteiger partial charge in [-0.3, -0.25) is 4.79 Å². The van der Waals surface area contributed by atoms with Crippen LogP contribution in [0.1, 0.15) is 18.9 Å². The van der Waals surface area contributed by atoms with Gasteiger partial charge in [0.25, 0.3) is 5.91 Å². The van der Waals surface area contributed by atoms with Crippen LogP contribution in [0.5, 0.6) is 0 Å². The molecule has 0 aliphatic rings. The average molecular weight is 267 g/mol. The summed E-state index contributed by atoms with van der Waals surface area (Å²) in [6, 6.07) is 9.08. The molecule has 7 nitrogen and oxygen atoms in total. The van der Waals surface area contributed by atoms with Crippen molar-refractivity contribution in [2.45, 2.75) is 26.1 Å². The summed E-state index contributed by atoms with van der Waals surface area (Å²) in [6.45, 7) is 1.52. The van der Waals surface area contributed by atoms with Gasteiger partial charge in [0.1, 0.15) is 6.61 Å². The molecule has 4 N–H and O–H groups in total. The first kappa shape index (κ1) is 14.9. The van der Waals surface area contributed by atoms with Gasteiger partial charge in [0.2, 0.25) is 0 Å². The Morgan fingerprint density at radius 2 is 2.05 bits per heavy atom. The quantitative estimate of drug-likeness (QED) is 0.413. The molecule has 1 aromatic carbocycles. The number of rotatable bonds is 4. The lowest BCUT2D eigenvalue weighted by molar-refractivity contribution is -0.136. The number of aliphatic hydroxyl groups is 1. The van der Waals surface area contributed by atoms with Gasteiger partial charge in [-0.15, -0.1) is 0 Å². The molecule has 0 saturated heterocycles. The monoisotopic (exact) mass is 267 g/mol. The van der Waals surface area contributed by atoms with Crippen LogP contribution in [0.25, 0.3) is 0 Å². The number of hydrogen-bond donors (Lipinski definition) is 3. The zero-order chi connectivity index (χ0) is 14.3. The average Bonchev–Trinajstić information content (AvgIpc) is 2.36. The van der Waals surface area contributed by atoms with Gasteiger partial charge in [-0.05, 0) is 12.5 Å². The second kappa shape index (κ2) is 7.34. The molecule has 0 bridgehead atoms. The highest BCUT2D eigenvalue weighted by molar-refractivity contribution is 5.78. The van der Waals surface area contributed by atoms with E-state index in [0.29, 0.717) is 5.12 Å². The van der Waals surface area contributed by atoms with E-state index in [-0.39, 0.29) is 13.0 Å². The Bertz CT molecular complexity index is 422. The van der Waals surface area contributed by atoms with Crippen molar-refractivity contribution >= 4 is 12.0 Å². The molecular formula is C12H17N3O4. The van der Waals surface area contributed by atoms with Crippen molar-refractivity contribution in [1.82, 2.24) is 10.5 Å². The SMILES string of the molecule is C[C@H](O)CC(=O)N(N)NC(=O)OCc1ccccc1. The fourth-order valence-electron chi connectivity index (χ4n) is 1.27. The molecule has 0 unspecified atom stereocenters. The predicted molar refractivity (Wildman–Crippen MR) is 67.1 cm³/mol. The van der Waals surface area contributed by atoms with Gasteiger partial charge in [0, 0.05) is 0 Å². The third-order valence-electron chi connectivity index (χ3n) is 2.16. The summed E-state index contributed by atoms with van der Waals surface area (Å²) < 4.78 is 4.87. The molecule has 0 aromatic heterocycles. The van der Waals surface area contributed by atoms with Crippen LogP contribution in [0.2, 0.25) is 0 Å². The van der Waals surface area contributed by atoms with Crippen LogP contribution >= 0.6 is 0 Å². The Morgan fingerprint density at radius 1 is 1.42 bits per heavy atom. The molecule has 0 saturated carbocycles. The summed E-state index contributed by atoms with van der Waals surface area (Å²) in [7, 11) is 0. The molecule has 1 aromatic rings. The normalized spacial score (nSPS) is 11.5. The van der Waals surface area contributed by atoms with Crippen LogP contribution in [-0.4, -0.2) is 28.3 Å². The number of aliphatic hydroxyl groups excluding tert-OH is 1. The van der Waals surface area contributed by atoms with Crippen molar-refractivity contribution in [3.05, 3.63) is 35.9 Å². The first-order valence-corrected chi connectivity index (χ1v) is 5.72. The number of nitrogens with two attached hydrogens (primary N) is 1. The van der Waals surface area contributed by atoms with Crippen LogP contribution < -0.4 is 11.3 Å². The number of carbonyl (C=O) groups excluding carboxylic acids is 2. The summed E-state index contributed by atoms with van der Waals surface area (Å²) in [5.41, 5.74) is 2.86. The highest BCUT2D eigenvalue weighted by Gasteiger charge is 2.15. The second-order valence-corrected chi connectivity index (χ2v) is 3.99. The molecule has 0 heterocycles. The van der Waals surface area contributed by atoms with E-state index >= 15 is 0 Å². The minimum Gasteiger partial charge on any atom is -0.443 e. The van der Waals surface area contributed by atoms with Gasteiger partial charge < -0.3 is 9.84 Å². The molecule has 1 rings (SSSR count). The smallest absolute Gasteiger partial charge is 0.427 e. The fourth-order valence-corrected chi connectivity index (χ4v) is 1.27. The Balaban J connectivity index is 2.33. The van der Waals surface area contributed by atoms with E-state index in [2.05, 4.69) is 0 Å². The van der Waals surface area contributed by atoms with E-state index in [9.17, 15) is 9.59 Å². The van der Waals surface area contributed by atoms with E-state index in [1.807, 2.05) is 23.6 Å². The van der Waals surface area contributed by atoms with Crippen molar-refractivity contribution in [3.8, 4) is 0 Å². The fraction of sp³-hybridized carbons (Fsp3) is 0.333. The minimum atomic E-state index is -0.842. The zero-order valence-electron chi connectivity index (χ0n) is 10.6. The summed E-state index contributed by atoms with van der Waals surface area (Å²) in [5.74, 6) is 4.68. The Morgan fingerprint density at radius 3 is 2.63 bits per heavy atom. The number of hydrazine groups is 2. The summed E-state index contributed by atoms with van der Waals surface area (Å²) in [4.78, 5) is 22.7. The molecule has 0 fully saturated rings. The maximum absolute atomic E-state index is 11.3. The lowest BCUT2D eigenvalue weighted by atomic mass is 10.2. The molecule has 0 spiro atoms. The molecule has 0 aliphatic carbocycles. The number of hydrogen-bond acceptors (Lipinski definition) is 5. The van der Waals surface area contributed by atoms with Gasteiger partial charge >= 0.3 is 6.09 Å². The molecule has 104 valence electrons. The number of nitrogens with zero attached hydrogens (tertiary/aromatic N) is 1. The van der Waals surface area contributed by atoms with E-state index in [4.69, 9.17) is 15.7 Å². The van der Waals surface area contributed by atoms with E-state index in [1.54, 1.807) is 12.1 Å². The predicted octanol–water partition coefficient (Wildman–Crippen LogP) is 0.301. The zero-order valence-corrected chi connectivity index (χ0v) is 10.6. The number of benzene rings is 1. The van der Waals surface area contributed by atoms with Crippen LogP contribution in [0, 0.1) is 0 Å². The van der Waals surface area contributed by atoms with Crippen LogP contribution in [0.3, 0.4) is 0 Å². The van der Waals surface area contributed by atoms with Gasteiger partial charge in [0.15, 0.2) is 0 Å². The van der Waals surface area contributed by atoms with Gasteiger partial charge in [-0.2, -0.15) is 5.12 Å². The summed E-state index contributed by atoms with van der Waals surface area (Å²) in [6.07, 6.45) is -1.86. The largest absolute Gasteiger partial charge is 0.443 e. The molecule has 2 amide bonds. The number of nitrogens with one attached hydrogen (secondary N) is 1. The van der Waals surface area contributed by atoms with E-state index in [0.717, 1.165) is 5.56 Å². The molecule has 1 atom stereocenters.